The lowest BCUT2D eigenvalue weighted by molar-refractivity contribution is 0.103. The van der Waals surface area contributed by atoms with Gasteiger partial charge in [0.1, 0.15) is 0 Å². The monoisotopic (exact) mass is 197 g/mol. The molecule has 0 fully saturated rings. The van der Waals surface area contributed by atoms with Crippen LogP contribution in [-0.2, 0) is 0 Å². The van der Waals surface area contributed by atoms with Crippen LogP contribution in [-0.4, -0.2) is 10.8 Å². The number of Topliss-reactive ketones (excluding diaryl/α,β-unsaturated/α-hetero) is 1. The van der Waals surface area contributed by atoms with Gasteiger partial charge in [-0.25, -0.2) is 0 Å². The molecule has 1 heterocycles. The van der Waals surface area contributed by atoms with Crippen LogP contribution in [0.3, 0.4) is 0 Å². The Kier molecular flexibility index (Phi) is 2.28. The number of hydrogen-bond donors (Lipinski definition) is 1. The fraction of sp³-hybridized carbons (Fsp3) is 0.0769. The summed E-state index contributed by atoms with van der Waals surface area (Å²) >= 11 is 0. The maximum absolute atomic E-state index is 11.9. The summed E-state index contributed by atoms with van der Waals surface area (Å²) in [5.74, 6) is -0.0255. The molecule has 2 aromatic rings. The van der Waals surface area contributed by atoms with Crippen LogP contribution in [0.1, 0.15) is 17.3 Å². The molecular formula is C13H11NO. The molecule has 0 atom stereocenters. The molecule has 2 nitrogen and oxygen atoms in total. The van der Waals surface area contributed by atoms with Crippen LogP contribution in [0.2, 0.25) is 0 Å². The van der Waals surface area contributed by atoms with Gasteiger partial charge in [0.25, 0.3) is 0 Å². The van der Waals surface area contributed by atoms with Crippen LogP contribution >= 0.6 is 0 Å². The SMILES string of the molecule is C=C=C(C)C(=O)c1c[nH]c2ccccc12. The first kappa shape index (κ1) is 9.50. The standard InChI is InChI=1S/C13H11NO/c1-3-9(2)13(15)11-8-14-12-7-5-4-6-10(11)12/h4-8,14H,1H2,2H3. The van der Waals surface area contributed by atoms with E-state index in [0.29, 0.717) is 11.1 Å². The van der Waals surface area contributed by atoms with Crippen molar-refractivity contribution in [3.05, 3.63) is 53.9 Å². The zero-order chi connectivity index (χ0) is 10.8. The van der Waals surface area contributed by atoms with Gasteiger partial charge in [-0.2, -0.15) is 0 Å². The predicted molar refractivity (Wildman–Crippen MR) is 61.0 cm³/mol. The summed E-state index contributed by atoms with van der Waals surface area (Å²) in [5, 5.41) is 0.942. The number of H-pyrrole nitrogens is 1. The van der Waals surface area contributed by atoms with E-state index < -0.39 is 0 Å². The van der Waals surface area contributed by atoms with Crippen LogP contribution in [0.25, 0.3) is 10.9 Å². The molecule has 15 heavy (non-hydrogen) atoms. The summed E-state index contributed by atoms with van der Waals surface area (Å²) in [6.07, 6.45) is 1.73. The van der Waals surface area contributed by atoms with Crippen molar-refractivity contribution in [3.8, 4) is 0 Å². The number of benzene rings is 1. The molecule has 0 saturated heterocycles. The first-order valence-electron chi connectivity index (χ1n) is 4.71. The number of ketones is 1. The lowest BCUT2D eigenvalue weighted by Crippen LogP contribution is -1.98. The normalized spacial score (nSPS) is 9.93. The Bertz CT molecular complexity index is 571. The summed E-state index contributed by atoms with van der Waals surface area (Å²) < 4.78 is 0. The molecule has 1 N–H and O–H groups in total. The van der Waals surface area contributed by atoms with E-state index in [1.807, 2.05) is 24.3 Å². The molecule has 0 aliphatic rings. The van der Waals surface area contributed by atoms with Crippen molar-refractivity contribution in [2.45, 2.75) is 6.92 Å². The number of carbonyl (C=O) groups excluding carboxylic acids is 1. The molecule has 0 amide bonds. The van der Waals surface area contributed by atoms with Gasteiger partial charge in [0.2, 0.25) is 0 Å². The van der Waals surface area contributed by atoms with Crippen molar-refractivity contribution in [2.75, 3.05) is 0 Å². The van der Waals surface area contributed by atoms with E-state index in [1.54, 1.807) is 13.1 Å². The number of allylic oxidation sites excluding steroid dienone is 1. The van der Waals surface area contributed by atoms with Crippen LogP contribution in [0.4, 0.5) is 0 Å². The first-order chi connectivity index (χ1) is 7.24. The molecule has 0 spiro atoms. The van der Waals surface area contributed by atoms with Gasteiger partial charge >= 0.3 is 0 Å². The Morgan fingerprint density at radius 3 is 2.87 bits per heavy atom. The fourth-order valence-corrected chi connectivity index (χ4v) is 1.54. The highest BCUT2D eigenvalue weighted by Crippen LogP contribution is 2.19. The zero-order valence-electron chi connectivity index (χ0n) is 8.50. The summed E-state index contributed by atoms with van der Waals surface area (Å²) in [6.45, 7) is 5.20. The lowest BCUT2D eigenvalue weighted by atomic mass is 10.0. The van der Waals surface area contributed by atoms with Gasteiger partial charge in [0.05, 0.1) is 0 Å². The van der Waals surface area contributed by atoms with Crippen molar-refractivity contribution in [1.82, 2.24) is 4.98 Å². The number of aromatic amines is 1. The number of aromatic nitrogens is 1. The Hall–Kier alpha value is -2.05. The van der Waals surface area contributed by atoms with Crippen LogP contribution in [0.5, 0.6) is 0 Å². The molecular weight excluding hydrogens is 186 g/mol. The van der Waals surface area contributed by atoms with Crippen molar-refractivity contribution in [3.63, 3.8) is 0 Å². The minimum atomic E-state index is -0.0255. The number of nitrogens with one attached hydrogen (secondary N) is 1. The van der Waals surface area contributed by atoms with Gasteiger partial charge in [-0.05, 0) is 13.0 Å². The maximum Gasteiger partial charge on any atom is 0.198 e. The smallest absolute Gasteiger partial charge is 0.198 e. The highest BCUT2D eigenvalue weighted by atomic mass is 16.1. The predicted octanol–water partition coefficient (Wildman–Crippen LogP) is 3.08. The van der Waals surface area contributed by atoms with Crippen molar-refractivity contribution >= 4 is 16.7 Å². The quantitative estimate of drug-likeness (QED) is 0.448. The van der Waals surface area contributed by atoms with Gasteiger partial charge in [0.15, 0.2) is 5.78 Å². The van der Waals surface area contributed by atoms with Gasteiger partial charge in [-0.15, -0.1) is 5.73 Å². The highest BCUT2D eigenvalue weighted by molar-refractivity contribution is 6.15. The van der Waals surface area contributed by atoms with Crippen LogP contribution < -0.4 is 0 Å². The van der Waals surface area contributed by atoms with E-state index in [0.717, 1.165) is 10.9 Å². The topological polar surface area (TPSA) is 32.9 Å². The fourth-order valence-electron chi connectivity index (χ4n) is 1.54. The highest BCUT2D eigenvalue weighted by Gasteiger charge is 2.12. The molecule has 0 unspecified atom stereocenters. The van der Waals surface area contributed by atoms with Gasteiger partial charge < -0.3 is 4.98 Å². The molecule has 0 aliphatic heterocycles. The van der Waals surface area contributed by atoms with Crippen molar-refractivity contribution in [2.24, 2.45) is 0 Å². The zero-order valence-corrected chi connectivity index (χ0v) is 8.50. The summed E-state index contributed by atoms with van der Waals surface area (Å²) in [4.78, 5) is 15.0. The largest absolute Gasteiger partial charge is 0.360 e. The number of carbonyl (C=O) groups is 1. The molecule has 2 rings (SSSR count). The average molecular weight is 197 g/mol. The summed E-state index contributed by atoms with van der Waals surface area (Å²) in [6, 6.07) is 7.72. The van der Waals surface area contributed by atoms with E-state index >= 15 is 0 Å². The molecule has 1 aromatic heterocycles. The third kappa shape index (κ3) is 1.51. The number of para-hydroxylation sites is 1. The van der Waals surface area contributed by atoms with Gasteiger partial charge in [0, 0.05) is 28.2 Å². The van der Waals surface area contributed by atoms with Crippen LogP contribution in [0.15, 0.2) is 48.3 Å². The third-order valence-corrected chi connectivity index (χ3v) is 2.44. The van der Waals surface area contributed by atoms with E-state index in [4.69, 9.17) is 0 Å². The maximum atomic E-state index is 11.9. The average Bonchev–Trinajstić information content (AvgIpc) is 2.70. The molecule has 1 aromatic carbocycles. The van der Waals surface area contributed by atoms with E-state index in [2.05, 4.69) is 17.3 Å². The van der Waals surface area contributed by atoms with Crippen LogP contribution in [0, 0.1) is 0 Å². The second kappa shape index (κ2) is 3.60. The van der Waals surface area contributed by atoms with Gasteiger partial charge in [-0.1, -0.05) is 24.8 Å². The first-order valence-corrected chi connectivity index (χ1v) is 4.71. The number of hydrogen-bond acceptors (Lipinski definition) is 1. The molecule has 74 valence electrons. The Balaban J connectivity index is 2.63. The summed E-state index contributed by atoms with van der Waals surface area (Å²) in [5.41, 5.74) is 4.81. The second-order valence-electron chi connectivity index (χ2n) is 3.38. The van der Waals surface area contributed by atoms with Crippen molar-refractivity contribution < 1.29 is 4.79 Å². The Labute approximate surface area is 87.9 Å². The summed E-state index contributed by atoms with van der Waals surface area (Å²) in [7, 11) is 0. The van der Waals surface area contributed by atoms with E-state index in [-0.39, 0.29) is 5.78 Å². The molecule has 2 heteroatoms. The molecule has 0 aliphatic carbocycles. The Morgan fingerprint density at radius 1 is 1.40 bits per heavy atom. The van der Waals surface area contributed by atoms with E-state index in [9.17, 15) is 4.79 Å². The lowest BCUT2D eigenvalue weighted by Gasteiger charge is -1.96. The number of rotatable bonds is 2. The minimum absolute atomic E-state index is 0.0255. The van der Waals surface area contributed by atoms with Crippen molar-refractivity contribution in [1.29, 1.82) is 0 Å². The number of fused-ring (bicyclic) bond motifs is 1. The second-order valence-corrected chi connectivity index (χ2v) is 3.38. The van der Waals surface area contributed by atoms with E-state index in [1.165, 1.54) is 0 Å². The van der Waals surface area contributed by atoms with Gasteiger partial charge in [-0.3, -0.25) is 4.79 Å². The molecule has 0 bridgehead atoms. The molecule has 0 saturated carbocycles. The minimum Gasteiger partial charge on any atom is -0.360 e. The molecule has 0 radical (unpaired) electrons. The Morgan fingerprint density at radius 2 is 2.13 bits per heavy atom. The third-order valence-electron chi connectivity index (χ3n) is 2.44.